The molecule has 0 bridgehead atoms. The topological polar surface area (TPSA) is 52.7 Å². The molecule has 0 amide bonds. The predicted octanol–water partition coefficient (Wildman–Crippen LogP) is 1.84. The highest BCUT2D eigenvalue weighted by molar-refractivity contribution is 7.87. The van der Waals surface area contributed by atoms with E-state index in [0.29, 0.717) is 19.0 Å². The summed E-state index contributed by atoms with van der Waals surface area (Å²) in [5.41, 5.74) is 1.43. The summed E-state index contributed by atoms with van der Waals surface area (Å²) in [6, 6.07) is 0. The van der Waals surface area contributed by atoms with Crippen molar-refractivity contribution >= 4 is 10.2 Å². The molecule has 0 radical (unpaired) electrons. The summed E-state index contributed by atoms with van der Waals surface area (Å²) in [5.74, 6) is 0.455. The highest BCUT2D eigenvalue weighted by atomic mass is 32.2. The Morgan fingerprint density at radius 1 is 1.33 bits per heavy atom. The van der Waals surface area contributed by atoms with Crippen molar-refractivity contribution < 1.29 is 8.42 Å². The molecular formula is C15H31N3O2S. The van der Waals surface area contributed by atoms with E-state index in [9.17, 15) is 8.42 Å². The minimum absolute atomic E-state index is 0.455. The molecule has 0 aromatic heterocycles. The van der Waals surface area contributed by atoms with Gasteiger partial charge in [0.1, 0.15) is 0 Å². The van der Waals surface area contributed by atoms with Crippen molar-refractivity contribution in [3.8, 4) is 0 Å². The highest BCUT2D eigenvalue weighted by Gasteiger charge is 2.22. The molecule has 5 nitrogen and oxygen atoms in total. The fourth-order valence-electron chi connectivity index (χ4n) is 2.62. The van der Waals surface area contributed by atoms with Crippen LogP contribution in [0.1, 0.15) is 40.0 Å². The van der Waals surface area contributed by atoms with Gasteiger partial charge in [-0.3, -0.25) is 4.90 Å². The number of hydrogen-bond donors (Lipinski definition) is 1. The van der Waals surface area contributed by atoms with Crippen LogP contribution >= 0.6 is 0 Å². The van der Waals surface area contributed by atoms with Gasteiger partial charge in [-0.1, -0.05) is 25.5 Å². The molecule has 1 heterocycles. The molecule has 1 fully saturated rings. The molecule has 21 heavy (non-hydrogen) atoms. The smallest absolute Gasteiger partial charge is 0.279 e. The van der Waals surface area contributed by atoms with E-state index in [1.807, 2.05) is 6.92 Å². The predicted molar refractivity (Wildman–Crippen MR) is 88.4 cm³/mol. The Bertz CT molecular complexity index is 426. The number of likely N-dealkylation sites (tertiary alicyclic amines) is 1. The maximum absolute atomic E-state index is 11.9. The van der Waals surface area contributed by atoms with E-state index >= 15 is 0 Å². The Kier molecular flexibility index (Phi) is 7.87. The molecule has 124 valence electrons. The second kappa shape index (κ2) is 8.88. The van der Waals surface area contributed by atoms with Gasteiger partial charge in [-0.05, 0) is 45.2 Å². The van der Waals surface area contributed by atoms with E-state index in [1.165, 1.54) is 9.88 Å². The van der Waals surface area contributed by atoms with Gasteiger partial charge >= 0.3 is 0 Å². The van der Waals surface area contributed by atoms with Crippen LogP contribution in [0.3, 0.4) is 0 Å². The molecule has 0 atom stereocenters. The Morgan fingerprint density at radius 2 is 1.95 bits per heavy atom. The van der Waals surface area contributed by atoms with Gasteiger partial charge < -0.3 is 0 Å². The molecule has 1 rings (SSSR count). The van der Waals surface area contributed by atoms with Gasteiger partial charge in [-0.25, -0.2) is 4.72 Å². The minimum atomic E-state index is -3.29. The zero-order chi connectivity index (χ0) is 15.9. The van der Waals surface area contributed by atoms with Crippen molar-refractivity contribution in [3.63, 3.8) is 0 Å². The average Bonchev–Trinajstić information content (AvgIpc) is 2.46. The molecule has 6 heteroatoms. The Morgan fingerprint density at radius 3 is 2.48 bits per heavy atom. The number of allylic oxidation sites excluding steroid dienone is 1. The van der Waals surface area contributed by atoms with Gasteiger partial charge in [0.05, 0.1) is 0 Å². The minimum Gasteiger partial charge on any atom is -0.299 e. The summed E-state index contributed by atoms with van der Waals surface area (Å²) >= 11 is 0. The summed E-state index contributed by atoms with van der Waals surface area (Å²) in [6.07, 6.45) is 5.51. The van der Waals surface area contributed by atoms with Gasteiger partial charge in [0.15, 0.2) is 0 Å². The standard InChI is InChI=1S/C15H31N3O2S/c1-5-7-14(3)13-18-10-8-15(9-11-18)12-16-21(19,20)17(4)6-2/h7,15-16H,5-6,8-13H2,1-4H3/b14-7+. The van der Waals surface area contributed by atoms with Crippen LogP contribution in [-0.4, -0.2) is 57.4 Å². The van der Waals surface area contributed by atoms with E-state index in [2.05, 4.69) is 29.5 Å². The van der Waals surface area contributed by atoms with Crippen LogP contribution in [0, 0.1) is 5.92 Å². The van der Waals surface area contributed by atoms with E-state index in [-0.39, 0.29) is 0 Å². The van der Waals surface area contributed by atoms with Crippen LogP contribution < -0.4 is 4.72 Å². The van der Waals surface area contributed by atoms with Crippen LogP contribution in [0.5, 0.6) is 0 Å². The molecule has 0 aromatic rings. The monoisotopic (exact) mass is 317 g/mol. The van der Waals surface area contributed by atoms with E-state index in [1.54, 1.807) is 7.05 Å². The Labute approximate surface area is 130 Å². The first-order valence-electron chi connectivity index (χ1n) is 7.98. The molecule has 0 saturated carbocycles. The van der Waals surface area contributed by atoms with Crippen molar-refractivity contribution in [2.75, 3.05) is 39.8 Å². The van der Waals surface area contributed by atoms with Crippen molar-refractivity contribution in [3.05, 3.63) is 11.6 Å². The van der Waals surface area contributed by atoms with E-state index in [0.717, 1.165) is 38.9 Å². The second-order valence-electron chi connectivity index (χ2n) is 5.95. The SMILES string of the molecule is CC/C=C(\C)CN1CCC(CNS(=O)(=O)N(C)CC)CC1. The van der Waals surface area contributed by atoms with E-state index < -0.39 is 10.2 Å². The van der Waals surface area contributed by atoms with Gasteiger partial charge in [0.2, 0.25) is 0 Å². The van der Waals surface area contributed by atoms with Crippen molar-refractivity contribution in [1.29, 1.82) is 0 Å². The maximum Gasteiger partial charge on any atom is 0.279 e. The first-order chi connectivity index (χ1) is 9.89. The summed E-state index contributed by atoms with van der Waals surface area (Å²) < 4.78 is 27.8. The number of nitrogens with one attached hydrogen (secondary N) is 1. The Balaban J connectivity index is 2.32. The molecule has 0 aromatic carbocycles. The van der Waals surface area contributed by atoms with Crippen LogP contribution in [0.15, 0.2) is 11.6 Å². The average molecular weight is 317 g/mol. The second-order valence-corrected chi connectivity index (χ2v) is 7.81. The number of hydrogen-bond acceptors (Lipinski definition) is 3. The number of nitrogens with zero attached hydrogens (tertiary/aromatic N) is 2. The molecule has 1 aliphatic heterocycles. The van der Waals surface area contributed by atoms with Crippen LogP contribution in [0.4, 0.5) is 0 Å². The molecule has 1 saturated heterocycles. The highest BCUT2D eigenvalue weighted by Crippen LogP contribution is 2.17. The van der Waals surface area contributed by atoms with Crippen LogP contribution in [-0.2, 0) is 10.2 Å². The lowest BCUT2D eigenvalue weighted by Crippen LogP contribution is -2.43. The number of rotatable bonds is 8. The maximum atomic E-state index is 11.9. The summed E-state index contributed by atoms with van der Waals surface area (Å²) in [6.45, 7) is 10.4. The normalized spacial score (nSPS) is 19.4. The number of piperidine rings is 1. The van der Waals surface area contributed by atoms with Crippen molar-refractivity contribution in [2.45, 2.75) is 40.0 Å². The lowest BCUT2D eigenvalue weighted by atomic mass is 9.97. The van der Waals surface area contributed by atoms with Crippen molar-refractivity contribution in [2.24, 2.45) is 5.92 Å². The molecule has 1 aliphatic rings. The third-order valence-corrected chi connectivity index (χ3v) is 5.75. The lowest BCUT2D eigenvalue weighted by molar-refractivity contribution is 0.198. The van der Waals surface area contributed by atoms with E-state index in [4.69, 9.17) is 0 Å². The third-order valence-electron chi connectivity index (χ3n) is 4.14. The van der Waals surface area contributed by atoms with Crippen LogP contribution in [0.2, 0.25) is 0 Å². The summed E-state index contributed by atoms with van der Waals surface area (Å²) in [7, 11) is -1.68. The van der Waals surface area contributed by atoms with Gasteiger partial charge in [0, 0.05) is 26.7 Å². The third kappa shape index (κ3) is 6.46. The zero-order valence-corrected chi connectivity index (χ0v) is 14.7. The van der Waals surface area contributed by atoms with Crippen molar-refractivity contribution in [1.82, 2.24) is 13.9 Å². The molecule has 0 spiro atoms. The van der Waals surface area contributed by atoms with Gasteiger partial charge in [-0.15, -0.1) is 0 Å². The van der Waals surface area contributed by atoms with Gasteiger partial charge in [0.25, 0.3) is 10.2 Å². The van der Waals surface area contributed by atoms with Crippen LogP contribution in [0.25, 0.3) is 0 Å². The molecule has 0 aliphatic carbocycles. The Hall–Kier alpha value is -0.430. The lowest BCUT2D eigenvalue weighted by Gasteiger charge is -2.32. The quantitative estimate of drug-likeness (QED) is 0.695. The fraction of sp³-hybridized carbons (Fsp3) is 0.867. The molecule has 0 unspecified atom stereocenters. The summed E-state index contributed by atoms with van der Waals surface area (Å²) in [5, 5.41) is 0. The van der Waals surface area contributed by atoms with Gasteiger partial charge in [-0.2, -0.15) is 12.7 Å². The first kappa shape index (κ1) is 18.6. The fourth-order valence-corrected chi connectivity index (χ4v) is 3.62. The molecule has 1 N–H and O–H groups in total. The zero-order valence-electron chi connectivity index (χ0n) is 13.9. The first-order valence-corrected chi connectivity index (χ1v) is 9.42. The summed E-state index contributed by atoms with van der Waals surface area (Å²) in [4.78, 5) is 2.46. The molecular weight excluding hydrogens is 286 g/mol. The largest absolute Gasteiger partial charge is 0.299 e.